The normalized spacial score (nSPS) is 12.2. The zero-order chi connectivity index (χ0) is 14.5. The summed E-state index contributed by atoms with van der Waals surface area (Å²) in [6.07, 6.45) is 0.511. The Labute approximate surface area is 117 Å². The lowest BCUT2D eigenvalue weighted by molar-refractivity contribution is 0.409. The fourth-order valence-corrected chi connectivity index (χ4v) is 2.18. The molecule has 1 N–H and O–H groups in total. The van der Waals surface area contributed by atoms with Crippen molar-refractivity contribution in [2.75, 3.05) is 14.2 Å². The summed E-state index contributed by atoms with van der Waals surface area (Å²) in [5.74, 6) is -0.139. The molecular weight excluding hydrogens is 260 g/mol. The van der Waals surface area contributed by atoms with Crippen LogP contribution in [-0.4, -0.2) is 14.2 Å². The van der Waals surface area contributed by atoms with Crippen molar-refractivity contribution in [1.29, 1.82) is 0 Å². The fourth-order valence-electron chi connectivity index (χ4n) is 2.18. The molecule has 0 amide bonds. The number of benzene rings is 2. The molecule has 0 aliphatic heterocycles. The largest absolute Gasteiger partial charge is 0.497 e. The van der Waals surface area contributed by atoms with Crippen molar-refractivity contribution in [3.05, 3.63) is 65.2 Å². The topological polar surface area (TPSA) is 21.3 Å². The summed E-state index contributed by atoms with van der Waals surface area (Å²) < 4.78 is 32.2. The van der Waals surface area contributed by atoms with Crippen LogP contribution < -0.4 is 10.1 Å². The van der Waals surface area contributed by atoms with Gasteiger partial charge in [0.25, 0.3) is 0 Å². The Hall–Kier alpha value is -1.94. The summed E-state index contributed by atoms with van der Waals surface area (Å²) in [6, 6.07) is 10.9. The molecule has 0 saturated heterocycles. The van der Waals surface area contributed by atoms with Crippen LogP contribution in [0.1, 0.15) is 17.2 Å². The van der Waals surface area contributed by atoms with Crippen LogP contribution in [0, 0.1) is 11.6 Å². The van der Waals surface area contributed by atoms with Crippen LogP contribution in [0.4, 0.5) is 8.78 Å². The molecule has 0 heterocycles. The molecule has 2 aromatic carbocycles. The van der Waals surface area contributed by atoms with E-state index in [-0.39, 0.29) is 17.7 Å². The molecule has 1 atom stereocenters. The highest BCUT2D eigenvalue weighted by Gasteiger charge is 2.15. The fraction of sp³-hybridized carbons (Fsp3) is 0.250. The first-order valence-corrected chi connectivity index (χ1v) is 6.39. The van der Waals surface area contributed by atoms with Gasteiger partial charge in [-0.2, -0.15) is 0 Å². The third kappa shape index (κ3) is 3.33. The maximum atomic E-state index is 14.1. The lowest BCUT2D eigenvalue weighted by atomic mass is 9.98. The van der Waals surface area contributed by atoms with Gasteiger partial charge >= 0.3 is 0 Å². The van der Waals surface area contributed by atoms with Gasteiger partial charge in [-0.1, -0.05) is 18.2 Å². The summed E-state index contributed by atoms with van der Waals surface area (Å²) in [5, 5.41) is 3.06. The molecule has 0 bridgehead atoms. The summed E-state index contributed by atoms with van der Waals surface area (Å²) in [6.45, 7) is 0. The molecule has 0 fully saturated rings. The lowest BCUT2D eigenvalue weighted by Gasteiger charge is -2.18. The first-order chi connectivity index (χ1) is 9.63. The summed E-state index contributed by atoms with van der Waals surface area (Å²) >= 11 is 0. The zero-order valence-corrected chi connectivity index (χ0v) is 11.5. The van der Waals surface area contributed by atoms with E-state index in [1.165, 1.54) is 25.3 Å². The summed E-state index contributed by atoms with van der Waals surface area (Å²) in [5.41, 5.74) is 1.36. The van der Waals surface area contributed by atoms with E-state index in [2.05, 4.69) is 5.32 Å². The Kier molecular flexibility index (Phi) is 4.69. The molecular formula is C16H17F2NO. The molecule has 4 heteroatoms. The number of rotatable bonds is 5. The van der Waals surface area contributed by atoms with Gasteiger partial charge in [-0.25, -0.2) is 8.78 Å². The van der Waals surface area contributed by atoms with Crippen LogP contribution in [0.2, 0.25) is 0 Å². The van der Waals surface area contributed by atoms with Gasteiger partial charge in [0.2, 0.25) is 0 Å². The number of nitrogens with one attached hydrogen (secondary N) is 1. The second-order valence-electron chi connectivity index (χ2n) is 4.56. The van der Waals surface area contributed by atoms with Crippen molar-refractivity contribution in [1.82, 2.24) is 5.32 Å². The predicted octanol–water partition coefficient (Wildman–Crippen LogP) is 3.48. The summed E-state index contributed by atoms with van der Waals surface area (Å²) in [4.78, 5) is 0. The molecule has 2 aromatic rings. The highest BCUT2D eigenvalue weighted by atomic mass is 19.1. The van der Waals surface area contributed by atoms with Gasteiger partial charge in [-0.05, 0) is 37.2 Å². The van der Waals surface area contributed by atoms with Gasteiger partial charge < -0.3 is 10.1 Å². The molecule has 0 aliphatic rings. The van der Waals surface area contributed by atoms with E-state index in [0.717, 1.165) is 5.56 Å². The highest BCUT2D eigenvalue weighted by molar-refractivity contribution is 5.32. The number of hydrogen-bond donors (Lipinski definition) is 1. The molecule has 1 unspecified atom stereocenters. The van der Waals surface area contributed by atoms with Crippen LogP contribution in [0.3, 0.4) is 0 Å². The van der Waals surface area contributed by atoms with E-state index in [1.54, 1.807) is 25.2 Å². The van der Waals surface area contributed by atoms with E-state index < -0.39 is 0 Å². The van der Waals surface area contributed by atoms with Gasteiger partial charge in [0.05, 0.1) is 7.11 Å². The number of likely N-dealkylation sites (N-methyl/N-ethyl adjacent to an activating group) is 1. The van der Waals surface area contributed by atoms with Gasteiger partial charge in [0.15, 0.2) is 0 Å². The van der Waals surface area contributed by atoms with Crippen molar-refractivity contribution < 1.29 is 13.5 Å². The number of halogens is 2. The average molecular weight is 277 g/mol. The molecule has 0 radical (unpaired) electrons. The zero-order valence-electron chi connectivity index (χ0n) is 11.5. The minimum atomic E-state index is -0.333. The maximum absolute atomic E-state index is 14.1. The van der Waals surface area contributed by atoms with Gasteiger partial charge in [-0.3, -0.25) is 0 Å². The van der Waals surface area contributed by atoms with Crippen LogP contribution in [0.25, 0.3) is 0 Å². The number of ether oxygens (including phenoxy) is 1. The second kappa shape index (κ2) is 6.48. The standard InChI is InChI=1S/C16H17F2NO/c1-19-16(9-11-4-3-5-12(17)8-11)14-7-6-13(20-2)10-15(14)18/h3-8,10,16,19H,9H2,1-2H3. The quantitative estimate of drug-likeness (QED) is 0.903. The predicted molar refractivity (Wildman–Crippen MR) is 74.9 cm³/mol. The van der Waals surface area contributed by atoms with Gasteiger partial charge in [-0.15, -0.1) is 0 Å². The summed E-state index contributed by atoms with van der Waals surface area (Å²) in [7, 11) is 3.25. The van der Waals surface area contributed by atoms with Crippen molar-refractivity contribution in [3.63, 3.8) is 0 Å². The molecule has 2 nitrogen and oxygen atoms in total. The smallest absolute Gasteiger partial charge is 0.131 e. The minimum absolute atomic E-state index is 0.220. The van der Waals surface area contributed by atoms with Gasteiger partial charge in [0.1, 0.15) is 17.4 Å². The van der Waals surface area contributed by atoms with E-state index in [0.29, 0.717) is 17.7 Å². The number of methoxy groups -OCH3 is 1. The molecule has 20 heavy (non-hydrogen) atoms. The highest BCUT2D eigenvalue weighted by Crippen LogP contribution is 2.24. The van der Waals surface area contributed by atoms with Crippen LogP contribution in [0.15, 0.2) is 42.5 Å². The Morgan fingerprint density at radius 3 is 2.55 bits per heavy atom. The molecule has 0 aromatic heterocycles. The maximum Gasteiger partial charge on any atom is 0.131 e. The lowest BCUT2D eigenvalue weighted by Crippen LogP contribution is -2.20. The monoisotopic (exact) mass is 277 g/mol. The second-order valence-corrected chi connectivity index (χ2v) is 4.56. The van der Waals surface area contributed by atoms with Crippen molar-refractivity contribution in [2.45, 2.75) is 12.5 Å². The third-order valence-corrected chi connectivity index (χ3v) is 3.26. The van der Waals surface area contributed by atoms with Crippen LogP contribution in [0.5, 0.6) is 5.75 Å². The van der Waals surface area contributed by atoms with Crippen LogP contribution >= 0.6 is 0 Å². The Morgan fingerprint density at radius 2 is 1.95 bits per heavy atom. The molecule has 0 saturated carbocycles. The molecule has 0 spiro atoms. The molecule has 2 rings (SSSR count). The van der Waals surface area contributed by atoms with Crippen molar-refractivity contribution in [2.24, 2.45) is 0 Å². The Morgan fingerprint density at radius 1 is 1.15 bits per heavy atom. The van der Waals surface area contributed by atoms with Crippen LogP contribution in [-0.2, 0) is 6.42 Å². The Balaban J connectivity index is 2.24. The van der Waals surface area contributed by atoms with E-state index >= 15 is 0 Å². The van der Waals surface area contributed by atoms with Gasteiger partial charge in [0, 0.05) is 17.7 Å². The molecule has 106 valence electrons. The first kappa shape index (κ1) is 14.5. The van der Waals surface area contributed by atoms with Crippen molar-refractivity contribution in [3.8, 4) is 5.75 Å². The van der Waals surface area contributed by atoms with E-state index in [1.807, 2.05) is 6.07 Å². The van der Waals surface area contributed by atoms with Crippen molar-refractivity contribution >= 4 is 0 Å². The number of hydrogen-bond acceptors (Lipinski definition) is 2. The third-order valence-electron chi connectivity index (χ3n) is 3.26. The average Bonchev–Trinajstić information content (AvgIpc) is 2.45. The Bertz CT molecular complexity index is 586. The van der Waals surface area contributed by atoms with E-state index in [4.69, 9.17) is 4.74 Å². The first-order valence-electron chi connectivity index (χ1n) is 6.39. The SMILES string of the molecule is CNC(Cc1cccc(F)c1)c1ccc(OC)cc1F. The van der Waals surface area contributed by atoms with E-state index in [9.17, 15) is 8.78 Å². The minimum Gasteiger partial charge on any atom is -0.497 e. The molecule has 0 aliphatic carbocycles.